The van der Waals surface area contributed by atoms with E-state index in [0.717, 1.165) is 28.5 Å². The molecule has 0 N–H and O–H groups in total. The molecule has 0 radical (unpaired) electrons. The summed E-state index contributed by atoms with van der Waals surface area (Å²) >= 11 is 1.68. The first-order valence-electron chi connectivity index (χ1n) is 7.88. The van der Waals surface area contributed by atoms with E-state index < -0.39 is 0 Å². The molecule has 0 aliphatic rings. The van der Waals surface area contributed by atoms with Gasteiger partial charge in [-0.15, -0.1) is 11.3 Å². The van der Waals surface area contributed by atoms with Crippen LogP contribution in [-0.2, 0) is 6.61 Å². The van der Waals surface area contributed by atoms with Gasteiger partial charge in [0.05, 0.1) is 22.8 Å². The molecular weight excluding hydrogens is 330 g/mol. The molecule has 0 saturated carbocycles. The molecule has 4 aromatic rings. The standard InChI is InChI=1S/C20H15N3OS/c1-3-9-21-17(7-1)19-12-15(24-14-16-6-5-11-25-16)13-20(23-19)18-8-2-4-10-22-18/h1-13H,14H2. The molecule has 0 unspecified atom stereocenters. The Balaban J connectivity index is 1.72. The van der Waals surface area contributed by atoms with Crippen LogP contribution in [0.15, 0.2) is 78.4 Å². The summed E-state index contributed by atoms with van der Waals surface area (Å²) in [6.07, 6.45) is 3.52. The maximum absolute atomic E-state index is 5.99. The zero-order valence-electron chi connectivity index (χ0n) is 13.4. The van der Waals surface area contributed by atoms with Crippen molar-refractivity contribution < 1.29 is 4.74 Å². The molecule has 0 saturated heterocycles. The smallest absolute Gasteiger partial charge is 0.124 e. The molecule has 5 heteroatoms. The van der Waals surface area contributed by atoms with Gasteiger partial charge in [-0.1, -0.05) is 18.2 Å². The number of aromatic nitrogens is 3. The number of rotatable bonds is 5. The molecule has 4 aromatic heterocycles. The minimum absolute atomic E-state index is 0.533. The molecule has 25 heavy (non-hydrogen) atoms. The molecule has 0 bridgehead atoms. The average molecular weight is 345 g/mol. The fraction of sp³-hybridized carbons (Fsp3) is 0.0500. The second-order valence-electron chi connectivity index (χ2n) is 5.37. The third-order valence-electron chi connectivity index (χ3n) is 3.61. The molecular formula is C20H15N3OS. The first-order chi connectivity index (χ1) is 12.4. The zero-order valence-corrected chi connectivity index (χ0v) is 14.2. The van der Waals surface area contributed by atoms with E-state index in [1.807, 2.05) is 60.0 Å². The van der Waals surface area contributed by atoms with Crippen molar-refractivity contribution in [2.45, 2.75) is 6.61 Å². The van der Waals surface area contributed by atoms with E-state index in [0.29, 0.717) is 6.61 Å². The minimum atomic E-state index is 0.533. The number of hydrogen-bond acceptors (Lipinski definition) is 5. The predicted octanol–water partition coefficient (Wildman–Crippen LogP) is 4.85. The van der Waals surface area contributed by atoms with Gasteiger partial charge in [-0.05, 0) is 35.7 Å². The summed E-state index contributed by atoms with van der Waals surface area (Å²) in [5, 5.41) is 2.05. The maximum Gasteiger partial charge on any atom is 0.124 e. The zero-order chi connectivity index (χ0) is 16.9. The van der Waals surface area contributed by atoms with Crippen molar-refractivity contribution in [3.8, 4) is 28.5 Å². The lowest BCUT2D eigenvalue weighted by atomic mass is 10.2. The lowest BCUT2D eigenvalue weighted by molar-refractivity contribution is 0.310. The van der Waals surface area contributed by atoms with E-state index in [4.69, 9.17) is 9.72 Å². The van der Waals surface area contributed by atoms with Crippen molar-refractivity contribution in [2.75, 3.05) is 0 Å². The van der Waals surface area contributed by atoms with Crippen molar-refractivity contribution in [2.24, 2.45) is 0 Å². The van der Waals surface area contributed by atoms with E-state index >= 15 is 0 Å². The Bertz CT molecular complexity index is 884. The summed E-state index contributed by atoms with van der Waals surface area (Å²) in [6, 6.07) is 19.5. The van der Waals surface area contributed by atoms with Gasteiger partial charge in [-0.3, -0.25) is 9.97 Å². The van der Waals surface area contributed by atoms with Gasteiger partial charge >= 0.3 is 0 Å². The van der Waals surface area contributed by atoms with Gasteiger partial charge in [0.1, 0.15) is 12.4 Å². The van der Waals surface area contributed by atoms with Gasteiger partial charge in [-0.2, -0.15) is 0 Å². The van der Waals surface area contributed by atoms with Crippen LogP contribution in [0.2, 0.25) is 0 Å². The monoisotopic (exact) mass is 345 g/mol. The van der Waals surface area contributed by atoms with Crippen LogP contribution >= 0.6 is 11.3 Å². The summed E-state index contributed by atoms with van der Waals surface area (Å²) in [4.78, 5) is 14.7. The number of ether oxygens (including phenoxy) is 1. The second kappa shape index (κ2) is 7.23. The quantitative estimate of drug-likeness (QED) is 0.519. The molecule has 122 valence electrons. The number of thiophene rings is 1. The molecule has 0 fully saturated rings. The van der Waals surface area contributed by atoms with Gasteiger partial charge in [-0.25, -0.2) is 4.98 Å². The van der Waals surface area contributed by atoms with E-state index in [9.17, 15) is 0 Å². The Hall–Kier alpha value is -3.05. The lowest BCUT2D eigenvalue weighted by Gasteiger charge is -2.10. The molecule has 4 heterocycles. The Labute approximate surface area is 149 Å². The summed E-state index contributed by atoms with van der Waals surface area (Å²) in [5.74, 6) is 0.754. The Kier molecular flexibility index (Phi) is 4.48. The topological polar surface area (TPSA) is 47.9 Å². The summed E-state index contributed by atoms with van der Waals surface area (Å²) in [7, 11) is 0. The van der Waals surface area contributed by atoms with Crippen LogP contribution in [0.25, 0.3) is 22.8 Å². The third kappa shape index (κ3) is 3.72. The van der Waals surface area contributed by atoms with E-state index in [1.54, 1.807) is 23.7 Å². The van der Waals surface area contributed by atoms with Crippen LogP contribution in [0.3, 0.4) is 0 Å². The Morgan fingerprint density at radius 1 is 0.760 bits per heavy atom. The molecule has 4 rings (SSSR count). The number of pyridine rings is 3. The molecule has 0 spiro atoms. The third-order valence-corrected chi connectivity index (χ3v) is 4.46. The second-order valence-corrected chi connectivity index (χ2v) is 6.40. The lowest BCUT2D eigenvalue weighted by Crippen LogP contribution is -1.97. The van der Waals surface area contributed by atoms with Crippen LogP contribution in [0.1, 0.15) is 4.88 Å². The molecule has 0 aliphatic heterocycles. The van der Waals surface area contributed by atoms with Crippen molar-refractivity contribution in [1.82, 2.24) is 15.0 Å². The Morgan fingerprint density at radius 3 is 1.96 bits per heavy atom. The summed E-state index contributed by atoms with van der Waals surface area (Å²) in [5.41, 5.74) is 3.15. The van der Waals surface area contributed by atoms with Crippen molar-refractivity contribution in [1.29, 1.82) is 0 Å². The van der Waals surface area contributed by atoms with E-state index in [2.05, 4.69) is 16.0 Å². The van der Waals surface area contributed by atoms with Crippen LogP contribution < -0.4 is 4.74 Å². The van der Waals surface area contributed by atoms with Crippen LogP contribution in [-0.4, -0.2) is 15.0 Å². The molecule has 0 aliphatic carbocycles. The van der Waals surface area contributed by atoms with Gasteiger partial charge < -0.3 is 4.74 Å². The highest BCUT2D eigenvalue weighted by Crippen LogP contribution is 2.27. The summed E-state index contributed by atoms with van der Waals surface area (Å²) in [6.45, 7) is 0.533. The van der Waals surface area contributed by atoms with Gasteiger partial charge in [0.2, 0.25) is 0 Å². The van der Waals surface area contributed by atoms with Crippen molar-refractivity contribution in [3.63, 3.8) is 0 Å². The minimum Gasteiger partial charge on any atom is -0.488 e. The van der Waals surface area contributed by atoms with Crippen LogP contribution in [0.4, 0.5) is 0 Å². The Morgan fingerprint density at radius 2 is 1.44 bits per heavy atom. The van der Waals surface area contributed by atoms with Gasteiger partial charge in [0.15, 0.2) is 0 Å². The van der Waals surface area contributed by atoms with E-state index in [1.165, 1.54) is 4.88 Å². The maximum atomic E-state index is 5.99. The first-order valence-corrected chi connectivity index (χ1v) is 8.76. The average Bonchev–Trinajstić information content (AvgIpc) is 3.21. The van der Waals surface area contributed by atoms with Gasteiger partial charge in [0, 0.05) is 29.4 Å². The molecule has 0 amide bonds. The molecule has 0 aromatic carbocycles. The summed E-state index contributed by atoms with van der Waals surface area (Å²) < 4.78 is 5.99. The molecule has 0 atom stereocenters. The van der Waals surface area contributed by atoms with Crippen molar-refractivity contribution >= 4 is 11.3 Å². The normalized spacial score (nSPS) is 10.6. The highest BCUT2D eigenvalue weighted by atomic mass is 32.1. The van der Waals surface area contributed by atoms with E-state index in [-0.39, 0.29) is 0 Å². The number of nitrogens with zero attached hydrogens (tertiary/aromatic N) is 3. The van der Waals surface area contributed by atoms with Crippen LogP contribution in [0, 0.1) is 0 Å². The fourth-order valence-electron chi connectivity index (χ4n) is 2.43. The predicted molar refractivity (Wildman–Crippen MR) is 99.4 cm³/mol. The van der Waals surface area contributed by atoms with Crippen LogP contribution in [0.5, 0.6) is 5.75 Å². The highest BCUT2D eigenvalue weighted by Gasteiger charge is 2.10. The molecule has 4 nitrogen and oxygen atoms in total. The van der Waals surface area contributed by atoms with Gasteiger partial charge in [0.25, 0.3) is 0 Å². The SMILES string of the molecule is c1ccc(-c2cc(OCc3cccs3)cc(-c3ccccn3)n2)nc1. The fourth-order valence-corrected chi connectivity index (χ4v) is 3.04. The highest BCUT2D eigenvalue weighted by molar-refractivity contribution is 7.09. The largest absolute Gasteiger partial charge is 0.488 e. The number of hydrogen-bond donors (Lipinski definition) is 0. The van der Waals surface area contributed by atoms with Crippen molar-refractivity contribution in [3.05, 3.63) is 83.3 Å². The first kappa shape index (κ1) is 15.5.